The van der Waals surface area contributed by atoms with Crippen molar-refractivity contribution in [1.82, 2.24) is 5.16 Å². The summed E-state index contributed by atoms with van der Waals surface area (Å²) < 4.78 is 10.9. The Morgan fingerprint density at radius 2 is 2.32 bits per heavy atom. The molecule has 2 aromatic rings. The number of rotatable bonds is 3. The molecule has 1 aromatic heterocycles. The van der Waals surface area contributed by atoms with E-state index in [9.17, 15) is 0 Å². The molecule has 0 fully saturated rings. The summed E-state index contributed by atoms with van der Waals surface area (Å²) in [4.78, 5) is 0. The van der Waals surface area contributed by atoms with Crippen LogP contribution in [-0.4, -0.2) is 5.16 Å². The highest BCUT2D eigenvalue weighted by Gasteiger charge is 2.17. The van der Waals surface area contributed by atoms with Crippen molar-refractivity contribution < 1.29 is 9.26 Å². The zero-order valence-corrected chi connectivity index (χ0v) is 11.1. The Hall–Kier alpha value is -1.81. The SMILES string of the molecule is Cc1cc(COc2ccc3c(c2)CCCC3N)on1. The lowest BCUT2D eigenvalue weighted by molar-refractivity contribution is 0.248. The van der Waals surface area contributed by atoms with Crippen LogP contribution in [0.5, 0.6) is 5.75 Å². The molecule has 0 saturated carbocycles. The van der Waals surface area contributed by atoms with Gasteiger partial charge in [0, 0.05) is 12.1 Å². The molecule has 0 spiro atoms. The molecule has 1 heterocycles. The van der Waals surface area contributed by atoms with Gasteiger partial charge in [0.25, 0.3) is 0 Å². The van der Waals surface area contributed by atoms with Crippen molar-refractivity contribution >= 4 is 0 Å². The van der Waals surface area contributed by atoms with Crippen molar-refractivity contribution in [3.63, 3.8) is 0 Å². The van der Waals surface area contributed by atoms with Gasteiger partial charge in [0.1, 0.15) is 12.4 Å². The molecule has 4 nitrogen and oxygen atoms in total. The van der Waals surface area contributed by atoms with E-state index in [0.29, 0.717) is 6.61 Å². The van der Waals surface area contributed by atoms with Crippen LogP contribution < -0.4 is 10.5 Å². The van der Waals surface area contributed by atoms with E-state index in [1.54, 1.807) is 0 Å². The topological polar surface area (TPSA) is 61.3 Å². The summed E-state index contributed by atoms with van der Waals surface area (Å²) in [5.74, 6) is 1.61. The minimum absolute atomic E-state index is 0.176. The monoisotopic (exact) mass is 258 g/mol. The molecular formula is C15H18N2O2. The van der Waals surface area contributed by atoms with Crippen LogP contribution in [0, 0.1) is 6.92 Å². The molecule has 0 bridgehead atoms. The number of aromatic nitrogens is 1. The van der Waals surface area contributed by atoms with Gasteiger partial charge in [-0.25, -0.2) is 0 Å². The minimum atomic E-state index is 0.176. The van der Waals surface area contributed by atoms with Gasteiger partial charge in [0.2, 0.25) is 0 Å². The summed E-state index contributed by atoms with van der Waals surface area (Å²) in [5.41, 5.74) is 9.54. The summed E-state index contributed by atoms with van der Waals surface area (Å²) >= 11 is 0. The zero-order valence-electron chi connectivity index (χ0n) is 11.1. The highest BCUT2D eigenvalue weighted by molar-refractivity contribution is 5.38. The van der Waals surface area contributed by atoms with Crippen molar-refractivity contribution in [3.8, 4) is 5.75 Å². The average molecular weight is 258 g/mol. The fourth-order valence-electron chi connectivity index (χ4n) is 2.56. The standard InChI is InChI=1S/C15H18N2O2/c1-10-7-13(19-17-10)9-18-12-5-6-14-11(8-12)3-2-4-15(14)16/h5-8,15H,2-4,9,16H2,1H3. The Morgan fingerprint density at radius 1 is 1.42 bits per heavy atom. The number of nitrogens with zero attached hydrogens (tertiary/aromatic N) is 1. The first kappa shape index (κ1) is 12.2. The molecule has 0 radical (unpaired) electrons. The van der Waals surface area contributed by atoms with Gasteiger partial charge in [-0.1, -0.05) is 11.2 Å². The molecule has 2 N–H and O–H groups in total. The van der Waals surface area contributed by atoms with Crippen LogP contribution in [0.3, 0.4) is 0 Å². The largest absolute Gasteiger partial charge is 0.486 e. The van der Waals surface area contributed by atoms with E-state index in [0.717, 1.165) is 36.5 Å². The molecule has 1 aromatic carbocycles. The average Bonchev–Trinajstić information content (AvgIpc) is 2.82. The van der Waals surface area contributed by atoms with Crippen LogP contribution >= 0.6 is 0 Å². The van der Waals surface area contributed by atoms with E-state index in [1.165, 1.54) is 11.1 Å². The summed E-state index contributed by atoms with van der Waals surface area (Å²) in [5, 5.41) is 3.84. The van der Waals surface area contributed by atoms with Crippen LogP contribution in [0.15, 0.2) is 28.8 Å². The van der Waals surface area contributed by atoms with Crippen molar-refractivity contribution in [1.29, 1.82) is 0 Å². The molecule has 0 aliphatic heterocycles. The van der Waals surface area contributed by atoms with E-state index in [-0.39, 0.29) is 6.04 Å². The Labute approximate surface area is 112 Å². The molecule has 1 aliphatic rings. The Kier molecular flexibility index (Phi) is 3.25. The lowest BCUT2D eigenvalue weighted by atomic mass is 9.88. The van der Waals surface area contributed by atoms with Gasteiger partial charge in [-0.3, -0.25) is 0 Å². The number of fused-ring (bicyclic) bond motifs is 1. The van der Waals surface area contributed by atoms with Crippen LogP contribution in [0.2, 0.25) is 0 Å². The van der Waals surface area contributed by atoms with Crippen molar-refractivity contribution in [3.05, 3.63) is 46.8 Å². The van der Waals surface area contributed by atoms with Crippen molar-refractivity contribution in [2.45, 2.75) is 38.8 Å². The Morgan fingerprint density at radius 3 is 3.11 bits per heavy atom. The Bertz CT molecular complexity index is 577. The first-order valence-corrected chi connectivity index (χ1v) is 6.66. The molecule has 0 amide bonds. The van der Waals surface area contributed by atoms with E-state index < -0.39 is 0 Å². The summed E-state index contributed by atoms with van der Waals surface area (Å²) in [6, 6.07) is 8.22. The second kappa shape index (κ2) is 5.05. The van der Waals surface area contributed by atoms with Crippen LogP contribution in [-0.2, 0) is 13.0 Å². The van der Waals surface area contributed by atoms with Gasteiger partial charge in [-0.05, 0) is 49.4 Å². The maximum absolute atomic E-state index is 6.10. The summed E-state index contributed by atoms with van der Waals surface area (Å²) in [6.45, 7) is 2.30. The lowest BCUT2D eigenvalue weighted by Gasteiger charge is -2.22. The predicted octanol–water partition coefficient (Wildman–Crippen LogP) is 2.90. The molecule has 1 unspecified atom stereocenters. The van der Waals surface area contributed by atoms with Crippen LogP contribution in [0.25, 0.3) is 0 Å². The molecule has 1 atom stereocenters. The normalized spacial score (nSPS) is 18.1. The van der Waals surface area contributed by atoms with E-state index >= 15 is 0 Å². The number of hydrogen-bond acceptors (Lipinski definition) is 4. The Balaban J connectivity index is 1.72. The third-order valence-electron chi connectivity index (χ3n) is 3.53. The van der Waals surface area contributed by atoms with Gasteiger partial charge in [-0.2, -0.15) is 0 Å². The van der Waals surface area contributed by atoms with Gasteiger partial charge >= 0.3 is 0 Å². The van der Waals surface area contributed by atoms with Crippen LogP contribution in [0.4, 0.5) is 0 Å². The molecule has 1 aliphatic carbocycles. The molecule has 0 saturated heterocycles. The summed E-state index contributed by atoms with van der Waals surface area (Å²) in [6.07, 6.45) is 3.31. The first-order chi connectivity index (χ1) is 9.22. The van der Waals surface area contributed by atoms with Crippen LogP contribution in [0.1, 0.15) is 41.5 Å². The van der Waals surface area contributed by atoms with Crippen molar-refractivity contribution in [2.75, 3.05) is 0 Å². The fourth-order valence-corrected chi connectivity index (χ4v) is 2.56. The second-order valence-electron chi connectivity index (χ2n) is 5.08. The smallest absolute Gasteiger partial charge is 0.174 e. The van der Waals surface area contributed by atoms with E-state index in [2.05, 4.69) is 17.3 Å². The number of nitrogens with two attached hydrogens (primary N) is 1. The minimum Gasteiger partial charge on any atom is -0.486 e. The third kappa shape index (κ3) is 2.63. The lowest BCUT2D eigenvalue weighted by Crippen LogP contribution is -2.17. The summed E-state index contributed by atoms with van der Waals surface area (Å²) in [7, 11) is 0. The molecule has 19 heavy (non-hydrogen) atoms. The van der Waals surface area contributed by atoms with Gasteiger partial charge in [0.05, 0.1) is 5.69 Å². The van der Waals surface area contributed by atoms with Gasteiger partial charge in [-0.15, -0.1) is 0 Å². The second-order valence-corrected chi connectivity index (χ2v) is 5.08. The highest BCUT2D eigenvalue weighted by Crippen LogP contribution is 2.30. The number of benzene rings is 1. The quantitative estimate of drug-likeness (QED) is 0.919. The molecular weight excluding hydrogens is 240 g/mol. The first-order valence-electron chi connectivity index (χ1n) is 6.66. The number of aryl methyl sites for hydroxylation is 2. The van der Waals surface area contributed by atoms with Crippen molar-refractivity contribution in [2.24, 2.45) is 5.73 Å². The van der Waals surface area contributed by atoms with E-state index in [1.807, 2.05) is 19.1 Å². The fraction of sp³-hybridized carbons (Fsp3) is 0.400. The van der Waals surface area contributed by atoms with E-state index in [4.69, 9.17) is 15.0 Å². The molecule has 3 rings (SSSR count). The maximum Gasteiger partial charge on any atom is 0.174 e. The predicted molar refractivity (Wildman–Crippen MR) is 71.9 cm³/mol. The highest BCUT2D eigenvalue weighted by atomic mass is 16.5. The molecule has 100 valence electrons. The number of hydrogen-bond donors (Lipinski definition) is 1. The molecule has 4 heteroatoms. The van der Waals surface area contributed by atoms with Gasteiger partial charge < -0.3 is 15.0 Å². The van der Waals surface area contributed by atoms with Gasteiger partial charge in [0.15, 0.2) is 5.76 Å². The third-order valence-corrected chi connectivity index (χ3v) is 3.53. The maximum atomic E-state index is 6.10. The number of ether oxygens (including phenoxy) is 1. The zero-order chi connectivity index (χ0) is 13.2.